The summed E-state index contributed by atoms with van der Waals surface area (Å²) in [5, 5.41) is 3.90. The molecule has 2 atom stereocenters. The van der Waals surface area contributed by atoms with Gasteiger partial charge in [0.15, 0.2) is 0 Å². The van der Waals surface area contributed by atoms with Crippen molar-refractivity contribution in [3.05, 3.63) is 99.5 Å². The van der Waals surface area contributed by atoms with Crippen molar-refractivity contribution in [2.75, 3.05) is 5.32 Å². The molecule has 1 aliphatic carbocycles. The van der Waals surface area contributed by atoms with Gasteiger partial charge in [0.2, 0.25) is 0 Å². The van der Waals surface area contributed by atoms with Gasteiger partial charge in [0.05, 0.1) is 0 Å². The Morgan fingerprint density at radius 1 is 0.912 bits per heavy atom. The Hall–Kier alpha value is -2.86. The standard InChI is InChI=1S/C27H27Cl2N3O2/c28-21-10-6-9-19(15-21)26(33)31-22-13-14-23(29)20(16-22)17-32(25-12-5-4-11-24(25)30)27(34)18-7-2-1-3-8-18/h1-3,6-10,13-16,24-25H,4-5,11-12,17,30H2,(H,31,33). The van der Waals surface area contributed by atoms with Crippen molar-refractivity contribution in [2.24, 2.45) is 5.73 Å². The molecule has 0 heterocycles. The first kappa shape index (κ1) is 24.3. The molecule has 5 nitrogen and oxygen atoms in total. The molecule has 4 rings (SSSR count). The van der Waals surface area contributed by atoms with Crippen LogP contribution in [-0.4, -0.2) is 28.8 Å². The van der Waals surface area contributed by atoms with Gasteiger partial charge in [0.1, 0.15) is 0 Å². The quantitative estimate of drug-likeness (QED) is 0.429. The maximum atomic E-state index is 13.5. The minimum Gasteiger partial charge on any atom is -0.330 e. The third kappa shape index (κ3) is 5.79. The highest BCUT2D eigenvalue weighted by molar-refractivity contribution is 6.31. The maximum absolute atomic E-state index is 13.5. The third-order valence-electron chi connectivity index (χ3n) is 6.19. The Labute approximate surface area is 209 Å². The first-order valence-corrected chi connectivity index (χ1v) is 12.1. The van der Waals surface area contributed by atoms with Crippen LogP contribution in [0.3, 0.4) is 0 Å². The molecule has 0 aromatic heterocycles. The highest BCUT2D eigenvalue weighted by atomic mass is 35.5. The molecule has 176 valence electrons. The van der Waals surface area contributed by atoms with Gasteiger partial charge in [-0.05, 0) is 66.9 Å². The van der Waals surface area contributed by atoms with Crippen molar-refractivity contribution in [3.8, 4) is 0 Å². The van der Waals surface area contributed by atoms with Crippen molar-refractivity contribution >= 4 is 40.7 Å². The number of carbonyl (C=O) groups excluding carboxylic acids is 2. The number of anilines is 1. The number of rotatable bonds is 6. The van der Waals surface area contributed by atoms with E-state index in [4.69, 9.17) is 28.9 Å². The second-order valence-corrected chi connectivity index (χ2v) is 9.43. The van der Waals surface area contributed by atoms with E-state index in [-0.39, 0.29) is 23.9 Å². The molecule has 0 radical (unpaired) electrons. The molecule has 3 aromatic carbocycles. The summed E-state index contributed by atoms with van der Waals surface area (Å²) in [5.41, 5.74) is 8.87. The summed E-state index contributed by atoms with van der Waals surface area (Å²) in [7, 11) is 0. The fourth-order valence-electron chi connectivity index (χ4n) is 4.40. The van der Waals surface area contributed by atoms with E-state index in [1.165, 1.54) is 0 Å². The Bertz CT molecular complexity index is 1170. The van der Waals surface area contributed by atoms with Crippen LogP contribution in [-0.2, 0) is 6.54 Å². The van der Waals surface area contributed by atoms with Gasteiger partial charge in [0.25, 0.3) is 11.8 Å². The largest absolute Gasteiger partial charge is 0.330 e. The molecule has 3 aromatic rings. The lowest BCUT2D eigenvalue weighted by Crippen LogP contribution is -2.51. The zero-order valence-electron chi connectivity index (χ0n) is 18.7. The maximum Gasteiger partial charge on any atom is 0.255 e. The lowest BCUT2D eigenvalue weighted by atomic mass is 9.89. The van der Waals surface area contributed by atoms with Gasteiger partial charge in [-0.1, -0.05) is 60.3 Å². The topological polar surface area (TPSA) is 75.4 Å². The molecule has 2 amide bonds. The van der Waals surface area contributed by atoms with E-state index >= 15 is 0 Å². The monoisotopic (exact) mass is 495 g/mol. The van der Waals surface area contributed by atoms with Crippen LogP contribution >= 0.6 is 23.2 Å². The Balaban J connectivity index is 1.60. The second kappa shape index (κ2) is 11.0. The van der Waals surface area contributed by atoms with E-state index < -0.39 is 0 Å². The molecule has 7 heteroatoms. The Morgan fingerprint density at radius 2 is 1.65 bits per heavy atom. The number of nitrogens with two attached hydrogens (primary N) is 1. The fraction of sp³-hybridized carbons (Fsp3) is 0.259. The van der Waals surface area contributed by atoms with Crippen LogP contribution in [0.15, 0.2) is 72.8 Å². The van der Waals surface area contributed by atoms with Crippen molar-refractivity contribution in [1.29, 1.82) is 0 Å². The van der Waals surface area contributed by atoms with Crippen LogP contribution in [0.4, 0.5) is 5.69 Å². The first-order chi connectivity index (χ1) is 16.4. The molecular weight excluding hydrogens is 469 g/mol. The normalized spacial score (nSPS) is 17.7. The molecule has 3 N–H and O–H groups in total. The second-order valence-electron chi connectivity index (χ2n) is 8.59. The fourth-order valence-corrected chi connectivity index (χ4v) is 4.77. The number of nitrogens with zero attached hydrogens (tertiary/aromatic N) is 1. The highest BCUT2D eigenvalue weighted by Crippen LogP contribution is 2.29. The van der Waals surface area contributed by atoms with Gasteiger partial charge in [-0.2, -0.15) is 0 Å². The zero-order chi connectivity index (χ0) is 24.1. The van der Waals surface area contributed by atoms with Gasteiger partial charge >= 0.3 is 0 Å². The number of carbonyl (C=O) groups is 2. The lowest BCUT2D eigenvalue weighted by molar-refractivity contribution is 0.0583. The van der Waals surface area contributed by atoms with E-state index in [0.717, 1.165) is 31.2 Å². The SMILES string of the molecule is NC1CCCCC1N(Cc1cc(NC(=O)c2cccc(Cl)c2)ccc1Cl)C(=O)c1ccccc1. The average molecular weight is 496 g/mol. The van der Waals surface area contributed by atoms with Crippen LogP contribution in [0.1, 0.15) is 52.0 Å². The smallest absolute Gasteiger partial charge is 0.255 e. The number of halogens is 2. The van der Waals surface area contributed by atoms with Crippen molar-refractivity contribution in [2.45, 2.75) is 44.3 Å². The number of hydrogen-bond donors (Lipinski definition) is 2. The van der Waals surface area contributed by atoms with Crippen molar-refractivity contribution < 1.29 is 9.59 Å². The zero-order valence-corrected chi connectivity index (χ0v) is 20.2. The molecule has 1 aliphatic rings. The average Bonchev–Trinajstić information content (AvgIpc) is 2.85. The first-order valence-electron chi connectivity index (χ1n) is 11.4. The summed E-state index contributed by atoms with van der Waals surface area (Å²) < 4.78 is 0. The number of amides is 2. The minimum atomic E-state index is -0.276. The molecular formula is C27H27Cl2N3O2. The molecule has 0 bridgehead atoms. The summed E-state index contributed by atoms with van der Waals surface area (Å²) in [6.45, 7) is 0.297. The minimum absolute atomic E-state index is 0.0765. The summed E-state index contributed by atoms with van der Waals surface area (Å²) in [6, 6.07) is 21.1. The molecule has 0 aliphatic heterocycles. The number of hydrogen-bond acceptors (Lipinski definition) is 3. The molecule has 2 unspecified atom stereocenters. The highest BCUT2D eigenvalue weighted by Gasteiger charge is 2.32. The Kier molecular flexibility index (Phi) is 7.88. The van der Waals surface area contributed by atoms with Crippen molar-refractivity contribution in [1.82, 2.24) is 4.90 Å². The molecule has 1 fully saturated rings. The lowest BCUT2D eigenvalue weighted by Gasteiger charge is -2.38. The van der Waals surface area contributed by atoms with Gasteiger partial charge in [-0.25, -0.2) is 0 Å². The van der Waals surface area contributed by atoms with Gasteiger partial charge in [0, 0.05) is 45.5 Å². The summed E-state index contributed by atoms with van der Waals surface area (Å²) in [5.74, 6) is -0.352. The molecule has 0 saturated heterocycles. The summed E-state index contributed by atoms with van der Waals surface area (Å²) in [6.07, 6.45) is 3.83. The van der Waals surface area contributed by atoms with Crippen LogP contribution in [0.25, 0.3) is 0 Å². The third-order valence-corrected chi connectivity index (χ3v) is 6.80. The van der Waals surface area contributed by atoms with Crippen LogP contribution in [0.5, 0.6) is 0 Å². The van der Waals surface area contributed by atoms with Crippen molar-refractivity contribution in [3.63, 3.8) is 0 Å². The Morgan fingerprint density at radius 3 is 2.38 bits per heavy atom. The summed E-state index contributed by atoms with van der Waals surface area (Å²) >= 11 is 12.6. The molecule has 34 heavy (non-hydrogen) atoms. The summed E-state index contributed by atoms with van der Waals surface area (Å²) in [4.78, 5) is 28.1. The van der Waals surface area contributed by atoms with E-state index in [0.29, 0.717) is 33.4 Å². The van der Waals surface area contributed by atoms with Crippen LogP contribution in [0, 0.1) is 0 Å². The van der Waals surface area contributed by atoms with Gasteiger partial charge < -0.3 is 16.0 Å². The van der Waals surface area contributed by atoms with Gasteiger partial charge in [-0.3, -0.25) is 9.59 Å². The van der Waals surface area contributed by atoms with E-state index in [1.807, 2.05) is 41.3 Å². The van der Waals surface area contributed by atoms with E-state index in [2.05, 4.69) is 5.32 Å². The van der Waals surface area contributed by atoms with E-state index in [1.54, 1.807) is 36.4 Å². The predicted molar refractivity (Wildman–Crippen MR) is 137 cm³/mol. The van der Waals surface area contributed by atoms with Crippen LogP contribution in [0.2, 0.25) is 10.0 Å². The molecule has 0 spiro atoms. The predicted octanol–water partition coefficient (Wildman–Crippen LogP) is 6.16. The molecule has 1 saturated carbocycles. The number of nitrogens with one attached hydrogen (secondary N) is 1. The van der Waals surface area contributed by atoms with Crippen LogP contribution < -0.4 is 11.1 Å². The van der Waals surface area contributed by atoms with E-state index in [9.17, 15) is 9.59 Å². The van der Waals surface area contributed by atoms with Gasteiger partial charge in [-0.15, -0.1) is 0 Å². The number of benzene rings is 3.